The summed E-state index contributed by atoms with van der Waals surface area (Å²) in [5, 5.41) is 15.7. The van der Waals surface area contributed by atoms with Crippen molar-refractivity contribution >= 4 is 28.2 Å². The van der Waals surface area contributed by atoms with Crippen LogP contribution in [0.3, 0.4) is 0 Å². The zero-order chi connectivity index (χ0) is 14.0. The molecule has 1 aromatic heterocycles. The van der Waals surface area contributed by atoms with Gasteiger partial charge in [0.25, 0.3) is 5.91 Å². The SMILES string of the molecule is CC(C)(CCO)NC(=O)c1sc(NC2CC2)nc1N. The molecule has 106 valence electrons. The first-order valence-electron chi connectivity index (χ1n) is 6.37. The van der Waals surface area contributed by atoms with Gasteiger partial charge in [0.1, 0.15) is 10.7 Å². The number of carbonyl (C=O) groups excluding carboxylic acids is 1. The highest BCUT2D eigenvalue weighted by atomic mass is 32.1. The number of hydrogen-bond acceptors (Lipinski definition) is 6. The van der Waals surface area contributed by atoms with Gasteiger partial charge < -0.3 is 21.5 Å². The topological polar surface area (TPSA) is 100 Å². The van der Waals surface area contributed by atoms with Gasteiger partial charge in [0, 0.05) is 18.2 Å². The molecule has 0 saturated heterocycles. The summed E-state index contributed by atoms with van der Waals surface area (Å²) in [6.45, 7) is 3.75. The molecule has 1 saturated carbocycles. The van der Waals surface area contributed by atoms with Crippen LogP contribution in [-0.4, -0.2) is 34.2 Å². The lowest BCUT2D eigenvalue weighted by Gasteiger charge is -2.24. The van der Waals surface area contributed by atoms with Crippen LogP contribution in [0.2, 0.25) is 0 Å². The monoisotopic (exact) mass is 284 g/mol. The van der Waals surface area contributed by atoms with E-state index >= 15 is 0 Å². The Hall–Kier alpha value is -1.34. The Kier molecular flexibility index (Phi) is 3.96. The number of hydrogen-bond donors (Lipinski definition) is 4. The van der Waals surface area contributed by atoms with E-state index in [0.717, 1.165) is 12.8 Å². The van der Waals surface area contributed by atoms with Crippen LogP contribution in [0.1, 0.15) is 42.8 Å². The molecule has 1 heterocycles. The number of nitrogens with zero attached hydrogens (tertiary/aromatic N) is 1. The van der Waals surface area contributed by atoms with E-state index in [1.165, 1.54) is 11.3 Å². The molecule has 1 amide bonds. The summed E-state index contributed by atoms with van der Waals surface area (Å²) in [6, 6.07) is 0.479. The first kappa shape index (κ1) is 14.1. The van der Waals surface area contributed by atoms with Crippen molar-refractivity contribution < 1.29 is 9.90 Å². The first-order valence-corrected chi connectivity index (χ1v) is 7.19. The van der Waals surface area contributed by atoms with E-state index in [9.17, 15) is 4.79 Å². The van der Waals surface area contributed by atoms with Crippen molar-refractivity contribution in [3.63, 3.8) is 0 Å². The van der Waals surface area contributed by atoms with E-state index in [0.29, 0.717) is 22.5 Å². The van der Waals surface area contributed by atoms with E-state index in [1.807, 2.05) is 13.8 Å². The maximum absolute atomic E-state index is 12.1. The Morgan fingerprint density at radius 3 is 2.84 bits per heavy atom. The molecule has 0 unspecified atom stereocenters. The van der Waals surface area contributed by atoms with E-state index < -0.39 is 5.54 Å². The predicted molar refractivity (Wildman–Crippen MR) is 76.4 cm³/mol. The number of aliphatic hydroxyl groups excluding tert-OH is 1. The summed E-state index contributed by atoms with van der Waals surface area (Å²) >= 11 is 1.27. The van der Waals surface area contributed by atoms with Gasteiger partial charge in [0.15, 0.2) is 5.13 Å². The summed E-state index contributed by atoms with van der Waals surface area (Å²) in [6.07, 6.45) is 2.78. The summed E-state index contributed by atoms with van der Waals surface area (Å²) in [7, 11) is 0. The quantitative estimate of drug-likeness (QED) is 0.629. The lowest BCUT2D eigenvalue weighted by Crippen LogP contribution is -2.43. The normalized spacial score (nSPS) is 15.3. The third-order valence-corrected chi connectivity index (χ3v) is 3.95. The van der Waals surface area contributed by atoms with Crippen LogP contribution < -0.4 is 16.4 Å². The van der Waals surface area contributed by atoms with Gasteiger partial charge in [-0.05, 0) is 33.1 Å². The average Bonchev–Trinajstić information content (AvgIpc) is 3.00. The summed E-state index contributed by atoms with van der Waals surface area (Å²) in [4.78, 5) is 16.7. The lowest BCUT2D eigenvalue weighted by atomic mass is 10.0. The van der Waals surface area contributed by atoms with Crippen molar-refractivity contribution in [1.82, 2.24) is 10.3 Å². The van der Waals surface area contributed by atoms with Crippen LogP contribution in [0, 0.1) is 0 Å². The van der Waals surface area contributed by atoms with Gasteiger partial charge in [0.2, 0.25) is 0 Å². The minimum absolute atomic E-state index is 0.0277. The first-order chi connectivity index (χ1) is 8.91. The van der Waals surface area contributed by atoms with Crippen molar-refractivity contribution in [3.8, 4) is 0 Å². The van der Waals surface area contributed by atoms with Crippen LogP contribution in [0.5, 0.6) is 0 Å². The van der Waals surface area contributed by atoms with Crippen molar-refractivity contribution in [1.29, 1.82) is 0 Å². The molecular weight excluding hydrogens is 264 g/mol. The molecule has 0 bridgehead atoms. The molecule has 5 N–H and O–H groups in total. The van der Waals surface area contributed by atoms with Crippen LogP contribution in [0.15, 0.2) is 0 Å². The molecule has 6 nitrogen and oxygen atoms in total. The standard InChI is InChI=1S/C12H20N4O2S/c1-12(2,5-6-17)16-10(18)8-9(13)15-11(19-8)14-7-3-4-7/h7,17H,3-6,13H2,1-2H3,(H,14,15)(H,16,18). The van der Waals surface area contributed by atoms with Crippen molar-refractivity contribution in [2.45, 2.75) is 44.7 Å². The fourth-order valence-electron chi connectivity index (χ4n) is 1.66. The molecule has 0 aromatic carbocycles. The Morgan fingerprint density at radius 1 is 1.58 bits per heavy atom. The minimum Gasteiger partial charge on any atom is -0.396 e. The molecule has 1 aliphatic carbocycles. The molecule has 7 heteroatoms. The fraction of sp³-hybridized carbons (Fsp3) is 0.667. The molecule has 19 heavy (non-hydrogen) atoms. The Bertz CT molecular complexity index is 468. The molecule has 0 radical (unpaired) electrons. The number of aromatic nitrogens is 1. The Morgan fingerprint density at radius 2 is 2.26 bits per heavy atom. The third kappa shape index (κ3) is 3.81. The van der Waals surface area contributed by atoms with Crippen molar-refractivity contribution in [2.24, 2.45) is 0 Å². The van der Waals surface area contributed by atoms with Gasteiger partial charge in [-0.15, -0.1) is 0 Å². The summed E-state index contributed by atoms with van der Waals surface area (Å²) in [5.41, 5.74) is 5.31. The van der Waals surface area contributed by atoms with Crippen LogP contribution in [0.4, 0.5) is 10.9 Å². The summed E-state index contributed by atoms with van der Waals surface area (Å²) < 4.78 is 0. The van der Waals surface area contributed by atoms with Gasteiger partial charge in [-0.2, -0.15) is 0 Å². The average molecular weight is 284 g/mol. The highest BCUT2D eigenvalue weighted by Crippen LogP contribution is 2.30. The van der Waals surface area contributed by atoms with Gasteiger partial charge in [0.05, 0.1) is 0 Å². The van der Waals surface area contributed by atoms with E-state index in [2.05, 4.69) is 15.6 Å². The predicted octanol–water partition coefficient (Wildman–Crippen LogP) is 1.19. The number of amides is 1. The van der Waals surface area contributed by atoms with Crippen LogP contribution >= 0.6 is 11.3 Å². The zero-order valence-electron chi connectivity index (χ0n) is 11.2. The van der Waals surface area contributed by atoms with Gasteiger partial charge in [-0.1, -0.05) is 11.3 Å². The van der Waals surface area contributed by atoms with Gasteiger partial charge in [-0.25, -0.2) is 4.98 Å². The fourth-order valence-corrected chi connectivity index (χ4v) is 2.52. The highest BCUT2D eigenvalue weighted by molar-refractivity contribution is 7.18. The number of carbonyl (C=O) groups is 1. The van der Waals surface area contributed by atoms with Crippen LogP contribution in [-0.2, 0) is 0 Å². The number of anilines is 2. The molecule has 0 atom stereocenters. The second-order valence-electron chi connectivity index (χ2n) is 5.46. The Balaban J connectivity index is 2.03. The molecule has 2 rings (SSSR count). The van der Waals surface area contributed by atoms with Crippen molar-refractivity contribution in [2.75, 3.05) is 17.7 Å². The molecule has 1 aliphatic rings. The largest absolute Gasteiger partial charge is 0.396 e. The molecular formula is C12H20N4O2S. The number of nitrogen functional groups attached to an aromatic ring is 1. The zero-order valence-corrected chi connectivity index (χ0v) is 12.0. The van der Waals surface area contributed by atoms with Crippen LogP contribution in [0.25, 0.3) is 0 Å². The maximum atomic E-state index is 12.1. The molecule has 0 aliphatic heterocycles. The Labute approximate surface area is 116 Å². The maximum Gasteiger partial charge on any atom is 0.265 e. The molecule has 1 aromatic rings. The number of nitrogens with two attached hydrogens (primary N) is 1. The summed E-state index contributed by atoms with van der Waals surface area (Å²) in [5.74, 6) is 0.0164. The van der Waals surface area contributed by atoms with Gasteiger partial charge in [-0.3, -0.25) is 4.79 Å². The highest BCUT2D eigenvalue weighted by Gasteiger charge is 2.26. The number of aliphatic hydroxyl groups is 1. The second kappa shape index (κ2) is 5.34. The number of thiazole rings is 1. The second-order valence-corrected chi connectivity index (χ2v) is 6.46. The smallest absolute Gasteiger partial charge is 0.265 e. The minimum atomic E-state index is -0.466. The number of rotatable bonds is 6. The third-order valence-electron chi connectivity index (χ3n) is 2.95. The van der Waals surface area contributed by atoms with E-state index in [-0.39, 0.29) is 18.3 Å². The number of nitrogens with one attached hydrogen (secondary N) is 2. The molecule has 0 spiro atoms. The van der Waals surface area contributed by atoms with Crippen molar-refractivity contribution in [3.05, 3.63) is 4.88 Å². The lowest BCUT2D eigenvalue weighted by molar-refractivity contribution is 0.0904. The van der Waals surface area contributed by atoms with Gasteiger partial charge >= 0.3 is 0 Å². The van der Waals surface area contributed by atoms with E-state index in [4.69, 9.17) is 10.8 Å². The van der Waals surface area contributed by atoms with E-state index in [1.54, 1.807) is 0 Å². The molecule has 1 fully saturated rings.